The number of nitrogens with two attached hydrogens (primary N) is 1. The maximum atomic E-state index is 5.72. The molecule has 0 aliphatic heterocycles. The van der Waals surface area contributed by atoms with Gasteiger partial charge in [0.15, 0.2) is 0 Å². The van der Waals surface area contributed by atoms with Gasteiger partial charge in [0.05, 0.1) is 12.7 Å². The lowest BCUT2D eigenvalue weighted by Gasteiger charge is -2.19. The van der Waals surface area contributed by atoms with E-state index in [0.29, 0.717) is 31.6 Å². The van der Waals surface area contributed by atoms with Crippen LogP contribution in [0.4, 0.5) is 0 Å². The molecule has 114 valence electrons. The molecular formula is C15H27N3O2. The van der Waals surface area contributed by atoms with Crippen LogP contribution < -0.4 is 15.8 Å². The van der Waals surface area contributed by atoms with Crippen LogP contribution in [0, 0.1) is 0 Å². The summed E-state index contributed by atoms with van der Waals surface area (Å²) in [5.41, 5.74) is 6.63. The summed E-state index contributed by atoms with van der Waals surface area (Å²) in [5, 5.41) is 3.48. The molecule has 0 spiro atoms. The summed E-state index contributed by atoms with van der Waals surface area (Å²) < 4.78 is 11.0. The van der Waals surface area contributed by atoms with Gasteiger partial charge in [-0.1, -0.05) is 6.07 Å². The van der Waals surface area contributed by atoms with E-state index in [4.69, 9.17) is 15.2 Å². The Kier molecular flexibility index (Phi) is 8.18. The number of nitrogens with one attached hydrogen (secondary N) is 1. The summed E-state index contributed by atoms with van der Waals surface area (Å²) >= 11 is 0. The summed E-state index contributed by atoms with van der Waals surface area (Å²) in [7, 11) is 1.72. The SMILES string of the molecule is COCC(CCCN)NCc1cccnc1OC(C)C. The lowest BCUT2D eigenvalue weighted by molar-refractivity contribution is 0.160. The number of aromatic nitrogens is 1. The van der Waals surface area contributed by atoms with Crippen molar-refractivity contribution in [1.29, 1.82) is 0 Å². The van der Waals surface area contributed by atoms with E-state index in [1.54, 1.807) is 13.3 Å². The quantitative estimate of drug-likeness (QED) is 0.683. The molecule has 5 heteroatoms. The van der Waals surface area contributed by atoms with Crippen LogP contribution in [0.5, 0.6) is 5.88 Å². The second-order valence-corrected chi connectivity index (χ2v) is 5.10. The van der Waals surface area contributed by atoms with Crippen LogP contribution in [0.3, 0.4) is 0 Å². The van der Waals surface area contributed by atoms with Crippen molar-refractivity contribution in [3.05, 3.63) is 23.9 Å². The Morgan fingerprint density at radius 3 is 2.85 bits per heavy atom. The smallest absolute Gasteiger partial charge is 0.218 e. The molecule has 5 nitrogen and oxygen atoms in total. The first-order valence-corrected chi connectivity index (χ1v) is 7.20. The van der Waals surface area contributed by atoms with Gasteiger partial charge in [-0.2, -0.15) is 0 Å². The van der Waals surface area contributed by atoms with Crippen molar-refractivity contribution in [3.63, 3.8) is 0 Å². The number of methoxy groups -OCH3 is 1. The molecule has 20 heavy (non-hydrogen) atoms. The highest BCUT2D eigenvalue weighted by molar-refractivity contribution is 5.25. The Hall–Kier alpha value is -1.17. The molecule has 1 heterocycles. The van der Waals surface area contributed by atoms with Gasteiger partial charge in [-0.15, -0.1) is 0 Å². The molecule has 1 aromatic rings. The maximum absolute atomic E-state index is 5.72. The van der Waals surface area contributed by atoms with Gasteiger partial charge in [-0.3, -0.25) is 0 Å². The summed E-state index contributed by atoms with van der Waals surface area (Å²) in [5.74, 6) is 0.699. The van der Waals surface area contributed by atoms with E-state index < -0.39 is 0 Å². The minimum atomic E-state index is 0.121. The molecule has 0 saturated carbocycles. The fraction of sp³-hybridized carbons (Fsp3) is 0.667. The lowest BCUT2D eigenvalue weighted by atomic mass is 10.1. The Morgan fingerprint density at radius 2 is 2.20 bits per heavy atom. The first-order chi connectivity index (χ1) is 9.67. The highest BCUT2D eigenvalue weighted by Crippen LogP contribution is 2.16. The molecular weight excluding hydrogens is 254 g/mol. The van der Waals surface area contributed by atoms with Crippen molar-refractivity contribution in [2.75, 3.05) is 20.3 Å². The first-order valence-electron chi connectivity index (χ1n) is 7.20. The third-order valence-corrected chi connectivity index (χ3v) is 2.90. The zero-order valence-corrected chi connectivity index (χ0v) is 12.8. The number of rotatable bonds is 10. The van der Waals surface area contributed by atoms with Crippen LogP contribution in [0.25, 0.3) is 0 Å². The summed E-state index contributed by atoms with van der Waals surface area (Å²) in [6, 6.07) is 4.26. The molecule has 0 aliphatic carbocycles. The first kappa shape index (κ1) is 16.9. The number of hydrogen-bond donors (Lipinski definition) is 2. The Labute approximate surface area is 121 Å². The van der Waals surface area contributed by atoms with Gasteiger partial charge in [-0.25, -0.2) is 4.98 Å². The standard InChI is InChI=1S/C15H27N3O2/c1-12(2)20-15-13(6-5-9-17-15)10-18-14(11-19-3)7-4-8-16/h5-6,9,12,14,18H,4,7-8,10-11,16H2,1-3H3. The predicted octanol–water partition coefficient (Wildman–Crippen LogP) is 1.71. The van der Waals surface area contributed by atoms with Crippen LogP contribution in [0.2, 0.25) is 0 Å². The zero-order valence-electron chi connectivity index (χ0n) is 12.8. The van der Waals surface area contributed by atoms with Gasteiger partial charge in [0.1, 0.15) is 0 Å². The van der Waals surface area contributed by atoms with E-state index in [0.717, 1.165) is 18.4 Å². The Morgan fingerprint density at radius 1 is 1.40 bits per heavy atom. The molecule has 1 aromatic heterocycles. The van der Waals surface area contributed by atoms with Crippen LogP contribution in [0.1, 0.15) is 32.3 Å². The average Bonchev–Trinajstić information content (AvgIpc) is 2.42. The van der Waals surface area contributed by atoms with Crippen LogP contribution in [-0.4, -0.2) is 37.4 Å². The van der Waals surface area contributed by atoms with Crippen molar-refractivity contribution < 1.29 is 9.47 Å². The van der Waals surface area contributed by atoms with Crippen molar-refractivity contribution >= 4 is 0 Å². The molecule has 1 rings (SSSR count). The van der Waals surface area contributed by atoms with Gasteiger partial charge < -0.3 is 20.5 Å². The number of pyridine rings is 1. The fourth-order valence-electron chi connectivity index (χ4n) is 1.95. The summed E-state index contributed by atoms with van der Waals surface area (Å²) in [6.07, 6.45) is 3.87. The maximum Gasteiger partial charge on any atom is 0.218 e. The van der Waals surface area contributed by atoms with Gasteiger partial charge in [0, 0.05) is 31.5 Å². The predicted molar refractivity (Wildman–Crippen MR) is 80.8 cm³/mol. The van der Waals surface area contributed by atoms with E-state index >= 15 is 0 Å². The zero-order chi connectivity index (χ0) is 14.8. The molecule has 0 bridgehead atoms. The molecule has 1 atom stereocenters. The van der Waals surface area contributed by atoms with Crippen molar-refractivity contribution in [1.82, 2.24) is 10.3 Å². The van der Waals surface area contributed by atoms with Crippen molar-refractivity contribution in [2.45, 2.75) is 45.4 Å². The van der Waals surface area contributed by atoms with Crippen molar-refractivity contribution in [2.24, 2.45) is 5.73 Å². The monoisotopic (exact) mass is 281 g/mol. The van der Waals surface area contributed by atoms with Crippen LogP contribution in [-0.2, 0) is 11.3 Å². The van der Waals surface area contributed by atoms with E-state index in [2.05, 4.69) is 10.3 Å². The lowest BCUT2D eigenvalue weighted by Crippen LogP contribution is -2.33. The van der Waals surface area contributed by atoms with E-state index in [1.807, 2.05) is 26.0 Å². The highest BCUT2D eigenvalue weighted by atomic mass is 16.5. The topological polar surface area (TPSA) is 69.4 Å². The normalized spacial score (nSPS) is 12.7. The number of hydrogen-bond acceptors (Lipinski definition) is 5. The minimum Gasteiger partial charge on any atom is -0.475 e. The van der Waals surface area contributed by atoms with Gasteiger partial charge >= 0.3 is 0 Å². The fourth-order valence-corrected chi connectivity index (χ4v) is 1.95. The molecule has 1 unspecified atom stereocenters. The van der Waals surface area contributed by atoms with Crippen molar-refractivity contribution in [3.8, 4) is 5.88 Å². The largest absolute Gasteiger partial charge is 0.475 e. The van der Waals surface area contributed by atoms with Gasteiger partial charge in [-0.05, 0) is 39.3 Å². The Balaban J connectivity index is 2.57. The van der Waals surface area contributed by atoms with Gasteiger partial charge in [0.25, 0.3) is 0 Å². The molecule has 0 fully saturated rings. The molecule has 0 amide bonds. The molecule has 0 aliphatic rings. The molecule has 0 radical (unpaired) electrons. The van der Waals surface area contributed by atoms with E-state index in [9.17, 15) is 0 Å². The summed E-state index contributed by atoms with van der Waals surface area (Å²) in [4.78, 5) is 4.29. The highest BCUT2D eigenvalue weighted by Gasteiger charge is 2.11. The van der Waals surface area contributed by atoms with E-state index in [1.165, 1.54) is 0 Å². The second-order valence-electron chi connectivity index (χ2n) is 5.10. The Bertz CT molecular complexity index is 372. The summed E-state index contributed by atoms with van der Waals surface area (Å²) in [6.45, 7) is 6.10. The minimum absolute atomic E-state index is 0.121. The van der Waals surface area contributed by atoms with Crippen LogP contribution in [0.15, 0.2) is 18.3 Å². The third-order valence-electron chi connectivity index (χ3n) is 2.90. The number of ether oxygens (including phenoxy) is 2. The molecule has 0 aromatic carbocycles. The number of nitrogens with zero attached hydrogens (tertiary/aromatic N) is 1. The van der Waals surface area contributed by atoms with Gasteiger partial charge in [0.2, 0.25) is 5.88 Å². The molecule has 0 saturated heterocycles. The molecule has 3 N–H and O–H groups in total. The third kappa shape index (κ3) is 6.32. The van der Waals surface area contributed by atoms with E-state index in [-0.39, 0.29) is 6.10 Å². The second kappa shape index (κ2) is 9.69. The van der Waals surface area contributed by atoms with Crippen LogP contribution >= 0.6 is 0 Å². The average molecular weight is 281 g/mol.